The van der Waals surface area contributed by atoms with Crippen LogP contribution in [0, 0.1) is 6.92 Å². The van der Waals surface area contributed by atoms with Crippen LogP contribution in [0.1, 0.15) is 29.3 Å². The molecular formula is C25H26N6O3S. The molecule has 35 heavy (non-hydrogen) atoms. The molecule has 0 spiro atoms. The topological polar surface area (TPSA) is 105 Å². The Balaban J connectivity index is 1.24. The van der Waals surface area contributed by atoms with E-state index in [1.54, 1.807) is 22.4 Å². The number of aromatic nitrogens is 4. The lowest BCUT2D eigenvalue weighted by atomic mass is 10.0. The van der Waals surface area contributed by atoms with Gasteiger partial charge in [0.25, 0.3) is 0 Å². The monoisotopic (exact) mass is 490 g/mol. The molecule has 6 rings (SSSR count). The molecular weight excluding hydrogens is 464 g/mol. The molecule has 0 aliphatic carbocycles. The first-order valence-corrected chi connectivity index (χ1v) is 12.6. The summed E-state index contributed by atoms with van der Waals surface area (Å²) in [5.41, 5.74) is 5.17. The molecule has 2 aliphatic rings. The van der Waals surface area contributed by atoms with Crippen LogP contribution in [0.25, 0.3) is 21.3 Å². The first-order chi connectivity index (χ1) is 17.1. The van der Waals surface area contributed by atoms with Crippen molar-refractivity contribution in [3.05, 3.63) is 47.2 Å². The number of aryl methyl sites for hydroxylation is 1. The van der Waals surface area contributed by atoms with Crippen molar-refractivity contribution in [2.24, 2.45) is 0 Å². The number of piperidine rings is 1. The van der Waals surface area contributed by atoms with Gasteiger partial charge in [-0.1, -0.05) is 18.2 Å². The van der Waals surface area contributed by atoms with Crippen LogP contribution in [0.3, 0.4) is 0 Å². The average molecular weight is 491 g/mol. The normalized spacial score (nSPS) is 15.9. The summed E-state index contributed by atoms with van der Waals surface area (Å²) in [6, 6.07) is 6.54. The van der Waals surface area contributed by atoms with E-state index in [-0.39, 0.29) is 11.9 Å². The molecule has 1 fully saturated rings. The van der Waals surface area contributed by atoms with E-state index in [2.05, 4.69) is 40.5 Å². The van der Waals surface area contributed by atoms with Crippen LogP contribution in [0.5, 0.6) is 5.75 Å². The lowest BCUT2D eigenvalue weighted by molar-refractivity contribution is -0.135. The number of thiophene rings is 1. The molecule has 10 heteroatoms. The number of aliphatic hydroxyl groups excluding tert-OH is 1. The van der Waals surface area contributed by atoms with Crippen molar-refractivity contribution >= 4 is 39.1 Å². The van der Waals surface area contributed by atoms with E-state index in [1.165, 1.54) is 10.4 Å². The molecule has 4 aromatic rings. The van der Waals surface area contributed by atoms with Gasteiger partial charge in [0.15, 0.2) is 0 Å². The first kappa shape index (κ1) is 22.0. The molecule has 180 valence electrons. The lowest BCUT2D eigenvalue weighted by Crippen LogP contribution is -2.40. The highest BCUT2D eigenvalue weighted by atomic mass is 32.1. The van der Waals surface area contributed by atoms with E-state index >= 15 is 0 Å². The number of ether oxygens (including phenoxy) is 1. The number of amides is 1. The highest BCUT2D eigenvalue weighted by Crippen LogP contribution is 2.44. The quantitative estimate of drug-likeness (QED) is 0.439. The van der Waals surface area contributed by atoms with Crippen LogP contribution in [-0.2, 0) is 11.2 Å². The molecule has 2 aliphatic heterocycles. The first-order valence-electron chi connectivity index (χ1n) is 11.8. The number of hydrogen-bond acceptors (Lipinski definition) is 8. The van der Waals surface area contributed by atoms with E-state index in [0.29, 0.717) is 19.0 Å². The van der Waals surface area contributed by atoms with Gasteiger partial charge in [0.1, 0.15) is 12.4 Å². The van der Waals surface area contributed by atoms with E-state index in [0.717, 1.165) is 58.6 Å². The van der Waals surface area contributed by atoms with E-state index < -0.39 is 6.61 Å². The summed E-state index contributed by atoms with van der Waals surface area (Å²) in [5.74, 6) is 1.28. The summed E-state index contributed by atoms with van der Waals surface area (Å²) in [6.45, 7) is 3.65. The molecule has 1 amide bonds. The maximum Gasteiger partial charge on any atom is 0.248 e. The summed E-state index contributed by atoms with van der Waals surface area (Å²) in [6.07, 6.45) is 8.14. The highest BCUT2D eigenvalue weighted by Gasteiger charge is 2.25. The molecule has 1 aromatic carbocycles. The largest absolute Gasteiger partial charge is 0.492 e. The Bertz CT molecular complexity index is 1410. The summed E-state index contributed by atoms with van der Waals surface area (Å²) >= 11 is 1.69. The minimum absolute atomic E-state index is 0.211. The van der Waals surface area contributed by atoms with Gasteiger partial charge >= 0.3 is 0 Å². The Morgan fingerprint density at radius 3 is 2.97 bits per heavy atom. The van der Waals surface area contributed by atoms with Gasteiger partial charge in [-0.3, -0.25) is 9.48 Å². The number of nitrogens with zero attached hydrogens (tertiary/aromatic N) is 5. The van der Waals surface area contributed by atoms with Crippen LogP contribution in [-0.4, -0.2) is 62.0 Å². The second-order valence-electron chi connectivity index (χ2n) is 8.94. The zero-order valence-corrected chi connectivity index (χ0v) is 20.2. The third-order valence-corrected chi connectivity index (χ3v) is 7.80. The standard InChI is InChI=1S/C25H26N6O3S/c1-15-22(19-4-2-3-16-7-10-34-24(16)19)23-20(35-15)12-26-25(29-23)28-17-11-27-31(13-17)18-5-8-30(9-6-18)21(33)14-32/h2-4,11-13,18,32H,5-10,14H2,1H3,(H,26,28,29). The molecule has 3 aromatic heterocycles. The fraction of sp³-hybridized carbons (Fsp3) is 0.360. The summed E-state index contributed by atoms with van der Waals surface area (Å²) in [4.78, 5) is 24.0. The van der Waals surface area contributed by atoms with Gasteiger partial charge in [-0.15, -0.1) is 11.3 Å². The number of rotatable bonds is 5. The van der Waals surface area contributed by atoms with Crippen molar-refractivity contribution in [3.8, 4) is 16.9 Å². The third-order valence-electron chi connectivity index (χ3n) is 6.78. The second kappa shape index (κ2) is 8.94. The Morgan fingerprint density at radius 1 is 1.29 bits per heavy atom. The summed E-state index contributed by atoms with van der Waals surface area (Å²) in [5, 5.41) is 16.9. The SMILES string of the molecule is Cc1sc2cnc(Nc3cnn(C4CCN(C(=O)CO)CC4)c3)nc2c1-c1cccc2c1OCC2. The third kappa shape index (κ3) is 4.02. The van der Waals surface area contributed by atoms with Gasteiger partial charge in [-0.25, -0.2) is 9.97 Å². The molecule has 9 nitrogen and oxygen atoms in total. The van der Waals surface area contributed by atoms with E-state index in [4.69, 9.17) is 14.8 Å². The van der Waals surface area contributed by atoms with Gasteiger partial charge in [0.2, 0.25) is 11.9 Å². The van der Waals surface area contributed by atoms with Crippen LogP contribution < -0.4 is 10.1 Å². The number of hydrogen-bond donors (Lipinski definition) is 2. The minimum atomic E-state index is -0.435. The number of carbonyl (C=O) groups is 1. The summed E-state index contributed by atoms with van der Waals surface area (Å²) in [7, 11) is 0. The minimum Gasteiger partial charge on any atom is -0.492 e. The van der Waals surface area contributed by atoms with Crippen LogP contribution >= 0.6 is 11.3 Å². The maximum absolute atomic E-state index is 11.7. The maximum atomic E-state index is 11.7. The molecule has 0 saturated carbocycles. The Hall–Kier alpha value is -3.50. The fourth-order valence-corrected chi connectivity index (χ4v) is 6.00. The molecule has 5 heterocycles. The number of aliphatic hydroxyl groups is 1. The molecule has 0 unspecified atom stereocenters. The number of carbonyl (C=O) groups excluding carboxylic acids is 1. The Morgan fingerprint density at radius 2 is 2.14 bits per heavy atom. The zero-order chi connectivity index (χ0) is 23.9. The van der Waals surface area contributed by atoms with Gasteiger partial charge in [0, 0.05) is 41.7 Å². The van der Waals surface area contributed by atoms with Crippen LogP contribution in [0.4, 0.5) is 11.6 Å². The van der Waals surface area contributed by atoms with Crippen molar-refractivity contribution in [1.82, 2.24) is 24.6 Å². The van der Waals surface area contributed by atoms with Crippen LogP contribution in [0.2, 0.25) is 0 Å². The Kier molecular flexibility index (Phi) is 5.62. The van der Waals surface area contributed by atoms with Crippen molar-refractivity contribution < 1.29 is 14.6 Å². The molecule has 1 saturated heterocycles. The van der Waals surface area contributed by atoms with Gasteiger partial charge in [-0.05, 0) is 25.3 Å². The smallest absolute Gasteiger partial charge is 0.248 e. The highest BCUT2D eigenvalue weighted by molar-refractivity contribution is 7.19. The van der Waals surface area contributed by atoms with E-state index in [9.17, 15) is 4.79 Å². The number of nitrogens with one attached hydrogen (secondary N) is 1. The van der Waals surface area contributed by atoms with Crippen LogP contribution in [0.15, 0.2) is 36.8 Å². The van der Waals surface area contributed by atoms with Crippen molar-refractivity contribution in [2.45, 2.75) is 32.2 Å². The number of fused-ring (bicyclic) bond motifs is 2. The van der Waals surface area contributed by atoms with Gasteiger partial charge < -0.3 is 20.1 Å². The predicted molar refractivity (Wildman–Crippen MR) is 134 cm³/mol. The van der Waals surface area contributed by atoms with Crippen molar-refractivity contribution in [2.75, 3.05) is 31.6 Å². The summed E-state index contributed by atoms with van der Waals surface area (Å²) < 4.78 is 8.95. The Labute approximate surface area is 206 Å². The molecule has 0 atom stereocenters. The molecule has 0 radical (unpaired) electrons. The lowest BCUT2D eigenvalue weighted by Gasteiger charge is -2.31. The number of para-hydroxylation sites is 1. The predicted octanol–water partition coefficient (Wildman–Crippen LogP) is 3.70. The molecule has 0 bridgehead atoms. The second-order valence-corrected chi connectivity index (χ2v) is 10.2. The van der Waals surface area contributed by atoms with E-state index in [1.807, 2.05) is 17.1 Å². The zero-order valence-electron chi connectivity index (χ0n) is 19.4. The number of anilines is 2. The van der Waals surface area contributed by atoms with Crippen molar-refractivity contribution in [3.63, 3.8) is 0 Å². The fourth-order valence-electron chi connectivity index (χ4n) is 5.01. The number of likely N-dealkylation sites (tertiary alicyclic amines) is 1. The van der Waals surface area contributed by atoms with Gasteiger partial charge in [-0.2, -0.15) is 5.10 Å². The number of benzene rings is 1. The van der Waals surface area contributed by atoms with Gasteiger partial charge in [0.05, 0.1) is 40.9 Å². The van der Waals surface area contributed by atoms with Crippen molar-refractivity contribution in [1.29, 1.82) is 0 Å². The molecule has 2 N–H and O–H groups in total. The average Bonchev–Trinajstić information content (AvgIpc) is 3.62.